The Hall–Kier alpha value is -1.82. The number of hydrogen-bond acceptors (Lipinski definition) is 5. The van der Waals surface area contributed by atoms with Gasteiger partial charge in [-0.05, 0) is 40.1 Å². The first kappa shape index (κ1) is 15.2. The number of nitro benzene ring substituents is 1. The number of methoxy groups -OCH3 is 1. The Morgan fingerprint density at radius 3 is 2.53 bits per heavy atom. The third-order valence-electron chi connectivity index (χ3n) is 3.32. The van der Waals surface area contributed by atoms with Crippen molar-refractivity contribution in [2.45, 2.75) is 19.4 Å². The minimum absolute atomic E-state index is 0.0282. The van der Waals surface area contributed by atoms with Crippen LogP contribution in [0.3, 0.4) is 0 Å². The normalized spacial score (nSPS) is 11.5. The van der Waals surface area contributed by atoms with Gasteiger partial charge in [-0.1, -0.05) is 6.07 Å². The van der Waals surface area contributed by atoms with E-state index in [9.17, 15) is 10.1 Å². The van der Waals surface area contributed by atoms with E-state index in [1.165, 1.54) is 7.11 Å². The lowest BCUT2D eigenvalue weighted by Crippen LogP contribution is -2.44. The zero-order chi connectivity index (χ0) is 14.6. The van der Waals surface area contributed by atoms with Crippen molar-refractivity contribution in [2.24, 2.45) is 0 Å². The molecule has 0 unspecified atom stereocenters. The fourth-order valence-corrected chi connectivity index (χ4v) is 1.49. The molecule has 0 spiro atoms. The molecule has 0 aliphatic heterocycles. The van der Waals surface area contributed by atoms with Gasteiger partial charge in [0.2, 0.25) is 0 Å². The second kappa shape index (κ2) is 5.88. The van der Waals surface area contributed by atoms with Crippen LogP contribution in [0.15, 0.2) is 18.2 Å². The standard InChI is InChI=1S/C13H21N3O3/c1-13(2,15(3)4)9-14-10-7-6-8-11(19-5)12(10)16(17)18/h6-8,14H,9H2,1-5H3. The fourth-order valence-electron chi connectivity index (χ4n) is 1.49. The van der Waals surface area contributed by atoms with Crippen molar-refractivity contribution in [2.75, 3.05) is 33.1 Å². The van der Waals surface area contributed by atoms with Crippen molar-refractivity contribution in [3.05, 3.63) is 28.3 Å². The first-order chi connectivity index (χ1) is 8.79. The van der Waals surface area contributed by atoms with Gasteiger partial charge >= 0.3 is 5.69 Å². The molecule has 1 N–H and O–H groups in total. The summed E-state index contributed by atoms with van der Waals surface area (Å²) in [6.45, 7) is 4.71. The number of nitrogens with zero attached hydrogens (tertiary/aromatic N) is 2. The van der Waals surface area contributed by atoms with Crippen LogP contribution in [0.25, 0.3) is 0 Å². The molecule has 19 heavy (non-hydrogen) atoms. The van der Waals surface area contributed by atoms with Crippen LogP contribution in [0.5, 0.6) is 5.75 Å². The highest BCUT2D eigenvalue weighted by molar-refractivity contribution is 5.68. The molecular formula is C13H21N3O3. The van der Waals surface area contributed by atoms with E-state index in [4.69, 9.17) is 4.74 Å². The summed E-state index contributed by atoms with van der Waals surface area (Å²) >= 11 is 0. The molecule has 0 saturated heterocycles. The fraction of sp³-hybridized carbons (Fsp3) is 0.538. The topological polar surface area (TPSA) is 67.6 Å². The average molecular weight is 267 g/mol. The summed E-state index contributed by atoms with van der Waals surface area (Å²) in [7, 11) is 5.37. The van der Waals surface area contributed by atoms with E-state index in [2.05, 4.69) is 24.1 Å². The zero-order valence-electron chi connectivity index (χ0n) is 12.1. The van der Waals surface area contributed by atoms with Gasteiger partial charge in [-0.15, -0.1) is 0 Å². The van der Waals surface area contributed by atoms with Crippen molar-refractivity contribution in [3.8, 4) is 5.75 Å². The molecule has 0 aliphatic carbocycles. The Labute approximate surface area is 113 Å². The maximum absolute atomic E-state index is 11.1. The summed E-state index contributed by atoms with van der Waals surface area (Å²) in [6, 6.07) is 5.00. The van der Waals surface area contributed by atoms with E-state index in [1.807, 2.05) is 14.1 Å². The van der Waals surface area contributed by atoms with Crippen LogP contribution in [0.2, 0.25) is 0 Å². The van der Waals surface area contributed by atoms with Crippen LogP contribution in [0.1, 0.15) is 13.8 Å². The van der Waals surface area contributed by atoms with E-state index in [0.29, 0.717) is 12.2 Å². The van der Waals surface area contributed by atoms with Crippen molar-refractivity contribution in [1.29, 1.82) is 0 Å². The summed E-state index contributed by atoms with van der Waals surface area (Å²) in [5, 5.41) is 14.3. The zero-order valence-corrected chi connectivity index (χ0v) is 12.1. The summed E-state index contributed by atoms with van der Waals surface area (Å²) in [6.07, 6.45) is 0. The molecular weight excluding hydrogens is 246 g/mol. The van der Waals surface area contributed by atoms with Gasteiger partial charge in [0.05, 0.1) is 12.0 Å². The highest BCUT2D eigenvalue weighted by Gasteiger charge is 2.24. The number of rotatable bonds is 6. The van der Waals surface area contributed by atoms with Crippen LogP contribution in [0.4, 0.5) is 11.4 Å². The molecule has 0 heterocycles. The monoisotopic (exact) mass is 267 g/mol. The van der Waals surface area contributed by atoms with Crippen LogP contribution in [0, 0.1) is 10.1 Å². The molecule has 0 atom stereocenters. The first-order valence-electron chi connectivity index (χ1n) is 6.02. The molecule has 0 fully saturated rings. The summed E-state index contributed by atoms with van der Waals surface area (Å²) in [5.41, 5.74) is 0.329. The van der Waals surface area contributed by atoms with Crippen LogP contribution < -0.4 is 10.1 Å². The number of nitrogens with one attached hydrogen (secondary N) is 1. The largest absolute Gasteiger partial charge is 0.490 e. The average Bonchev–Trinajstić information content (AvgIpc) is 2.35. The molecule has 0 amide bonds. The van der Waals surface area contributed by atoms with Crippen molar-refractivity contribution in [1.82, 2.24) is 4.90 Å². The quantitative estimate of drug-likeness (QED) is 0.633. The van der Waals surface area contributed by atoms with Gasteiger partial charge in [-0.25, -0.2) is 0 Å². The van der Waals surface area contributed by atoms with Crippen LogP contribution in [-0.4, -0.2) is 43.1 Å². The molecule has 6 heteroatoms. The third kappa shape index (κ3) is 3.57. The molecule has 1 aromatic carbocycles. The van der Waals surface area contributed by atoms with Gasteiger partial charge in [0.25, 0.3) is 0 Å². The SMILES string of the molecule is COc1cccc(NCC(C)(C)N(C)C)c1[N+](=O)[O-]. The predicted octanol–water partition coefficient (Wildman–Crippen LogP) is 2.36. The molecule has 0 bridgehead atoms. The molecule has 0 radical (unpaired) electrons. The number of nitro groups is 1. The summed E-state index contributed by atoms with van der Waals surface area (Å²) in [5.74, 6) is 0.262. The maximum atomic E-state index is 11.1. The highest BCUT2D eigenvalue weighted by Crippen LogP contribution is 2.34. The molecule has 6 nitrogen and oxygen atoms in total. The highest BCUT2D eigenvalue weighted by atomic mass is 16.6. The third-order valence-corrected chi connectivity index (χ3v) is 3.32. The Bertz CT molecular complexity index is 458. The van der Waals surface area contributed by atoms with E-state index in [1.54, 1.807) is 18.2 Å². The van der Waals surface area contributed by atoms with E-state index < -0.39 is 4.92 Å². The van der Waals surface area contributed by atoms with Crippen molar-refractivity contribution in [3.63, 3.8) is 0 Å². The van der Waals surface area contributed by atoms with Gasteiger partial charge < -0.3 is 15.0 Å². The number of para-hydroxylation sites is 1. The summed E-state index contributed by atoms with van der Waals surface area (Å²) in [4.78, 5) is 12.8. The Kier molecular flexibility index (Phi) is 4.72. The lowest BCUT2D eigenvalue weighted by Gasteiger charge is -2.33. The molecule has 0 saturated carbocycles. The summed E-state index contributed by atoms with van der Waals surface area (Å²) < 4.78 is 5.03. The minimum Gasteiger partial charge on any atom is -0.490 e. The molecule has 1 rings (SSSR count). The van der Waals surface area contributed by atoms with Gasteiger partial charge in [0, 0.05) is 12.1 Å². The predicted molar refractivity (Wildman–Crippen MR) is 75.9 cm³/mol. The number of likely N-dealkylation sites (N-methyl/N-ethyl adjacent to an activating group) is 1. The van der Waals surface area contributed by atoms with Gasteiger partial charge in [0.15, 0.2) is 5.75 Å². The number of anilines is 1. The maximum Gasteiger partial charge on any atom is 0.333 e. The molecule has 106 valence electrons. The van der Waals surface area contributed by atoms with Crippen molar-refractivity contribution < 1.29 is 9.66 Å². The Morgan fingerprint density at radius 1 is 1.42 bits per heavy atom. The second-order valence-electron chi connectivity index (χ2n) is 5.17. The lowest BCUT2D eigenvalue weighted by molar-refractivity contribution is -0.384. The van der Waals surface area contributed by atoms with Crippen molar-refractivity contribution >= 4 is 11.4 Å². The van der Waals surface area contributed by atoms with E-state index in [0.717, 1.165) is 0 Å². The Morgan fingerprint density at radius 2 is 2.05 bits per heavy atom. The number of hydrogen-bond donors (Lipinski definition) is 1. The molecule has 0 aromatic heterocycles. The van der Waals surface area contributed by atoms with Gasteiger partial charge in [-0.3, -0.25) is 10.1 Å². The smallest absolute Gasteiger partial charge is 0.333 e. The van der Waals surface area contributed by atoms with E-state index >= 15 is 0 Å². The first-order valence-corrected chi connectivity index (χ1v) is 6.02. The lowest BCUT2D eigenvalue weighted by atomic mass is 10.0. The molecule has 1 aromatic rings. The molecule has 0 aliphatic rings. The number of benzene rings is 1. The second-order valence-corrected chi connectivity index (χ2v) is 5.17. The van der Waals surface area contributed by atoms with Crippen LogP contribution >= 0.6 is 0 Å². The van der Waals surface area contributed by atoms with Gasteiger partial charge in [-0.2, -0.15) is 0 Å². The van der Waals surface area contributed by atoms with Crippen LogP contribution in [-0.2, 0) is 0 Å². The Balaban J connectivity index is 2.99. The van der Waals surface area contributed by atoms with Gasteiger partial charge in [0.1, 0.15) is 5.69 Å². The minimum atomic E-state index is -0.427. The number of ether oxygens (including phenoxy) is 1. The van der Waals surface area contributed by atoms with E-state index in [-0.39, 0.29) is 17.0 Å².